The van der Waals surface area contributed by atoms with E-state index < -0.39 is 11.8 Å². The number of rotatable bonds is 3. The van der Waals surface area contributed by atoms with Gasteiger partial charge in [0.2, 0.25) is 11.8 Å². The van der Waals surface area contributed by atoms with Crippen molar-refractivity contribution in [2.45, 2.75) is 12.8 Å². The molecule has 4 amide bonds. The number of piperidine rings is 1. The molecule has 9 heteroatoms. The van der Waals surface area contributed by atoms with E-state index in [1.807, 2.05) is 0 Å². The molecule has 0 unspecified atom stereocenters. The van der Waals surface area contributed by atoms with E-state index in [2.05, 4.69) is 5.43 Å². The number of carbonyl (C=O) groups excluding carboxylic acids is 4. The lowest BCUT2D eigenvalue weighted by molar-refractivity contribution is -0.161. The fourth-order valence-corrected chi connectivity index (χ4v) is 2.44. The van der Waals surface area contributed by atoms with Crippen molar-refractivity contribution in [2.24, 2.45) is 11.8 Å². The quantitative estimate of drug-likeness (QED) is 0.259. The molecule has 2 fully saturated rings. The standard InChI is InChI=1S/C12H18N4O5/c13-14-12(20)8-1-3-15(4-2-8)9(17)5-16-10(18)6-21-7-11(16)19/h8H,1-7,13H2,(H,14,20). The molecule has 0 bridgehead atoms. The summed E-state index contributed by atoms with van der Waals surface area (Å²) in [5, 5.41) is 0. The van der Waals surface area contributed by atoms with Gasteiger partial charge in [0.25, 0.3) is 11.8 Å². The summed E-state index contributed by atoms with van der Waals surface area (Å²) in [6.07, 6.45) is 1.03. The van der Waals surface area contributed by atoms with E-state index in [9.17, 15) is 19.2 Å². The Morgan fingerprint density at radius 1 is 1.19 bits per heavy atom. The topological polar surface area (TPSA) is 122 Å². The van der Waals surface area contributed by atoms with Crippen molar-refractivity contribution >= 4 is 23.6 Å². The van der Waals surface area contributed by atoms with Crippen molar-refractivity contribution < 1.29 is 23.9 Å². The Hall–Kier alpha value is -2.00. The smallest absolute Gasteiger partial charge is 0.255 e. The normalized spacial score (nSPS) is 20.6. The Bertz CT molecular complexity index is 443. The van der Waals surface area contributed by atoms with Gasteiger partial charge in [-0.05, 0) is 12.8 Å². The van der Waals surface area contributed by atoms with E-state index >= 15 is 0 Å². The zero-order valence-electron chi connectivity index (χ0n) is 11.5. The molecule has 116 valence electrons. The third kappa shape index (κ3) is 3.56. The molecule has 3 N–H and O–H groups in total. The summed E-state index contributed by atoms with van der Waals surface area (Å²) in [6, 6.07) is 0. The first-order valence-electron chi connectivity index (χ1n) is 6.72. The van der Waals surface area contributed by atoms with Gasteiger partial charge in [0.15, 0.2) is 0 Å². The van der Waals surface area contributed by atoms with Gasteiger partial charge < -0.3 is 9.64 Å². The van der Waals surface area contributed by atoms with Gasteiger partial charge in [0, 0.05) is 19.0 Å². The molecule has 0 aromatic rings. The van der Waals surface area contributed by atoms with Crippen LogP contribution in [0.2, 0.25) is 0 Å². The van der Waals surface area contributed by atoms with Crippen LogP contribution in [0, 0.1) is 5.92 Å². The number of nitrogens with one attached hydrogen (secondary N) is 1. The average Bonchev–Trinajstić information content (AvgIpc) is 2.50. The van der Waals surface area contributed by atoms with Crippen molar-refractivity contribution in [3.8, 4) is 0 Å². The van der Waals surface area contributed by atoms with Crippen LogP contribution in [0.4, 0.5) is 0 Å². The lowest BCUT2D eigenvalue weighted by Crippen LogP contribution is -2.52. The monoisotopic (exact) mass is 298 g/mol. The first-order chi connectivity index (χ1) is 10.0. The van der Waals surface area contributed by atoms with Crippen molar-refractivity contribution in [1.29, 1.82) is 0 Å². The average molecular weight is 298 g/mol. The summed E-state index contributed by atoms with van der Waals surface area (Å²) in [7, 11) is 0. The van der Waals surface area contributed by atoms with Crippen LogP contribution in [0.3, 0.4) is 0 Å². The van der Waals surface area contributed by atoms with E-state index in [0.717, 1.165) is 4.90 Å². The van der Waals surface area contributed by atoms with Gasteiger partial charge in [-0.3, -0.25) is 29.5 Å². The zero-order valence-corrected chi connectivity index (χ0v) is 11.5. The highest BCUT2D eigenvalue weighted by molar-refractivity contribution is 6.01. The Morgan fingerprint density at radius 3 is 2.29 bits per heavy atom. The van der Waals surface area contributed by atoms with E-state index in [4.69, 9.17) is 10.6 Å². The Balaban J connectivity index is 1.86. The summed E-state index contributed by atoms with van der Waals surface area (Å²) in [5.41, 5.74) is 2.10. The number of ether oxygens (including phenoxy) is 1. The van der Waals surface area contributed by atoms with Crippen LogP contribution in [0.1, 0.15) is 12.8 Å². The SMILES string of the molecule is NNC(=O)C1CCN(C(=O)CN2C(=O)COCC2=O)CC1. The van der Waals surface area contributed by atoms with Crippen LogP contribution in [0.5, 0.6) is 0 Å². The maximum atomic E-state index is 12.1. The second-order valence-electron chi connectivity index (χ2n) is 5.03. The predicted molar refractivity (Wildman–Crippen MR) is 69.2 cm³/mol. The highest BCUT2D eigenvalue weighted by atomic mass is 16.5. The number of carbonyl (C=O) groups is 4. The second-order valence-corrected chi connectivity index (χ2v) is 5.03. The molecule has 9 nitrogen and oxygen atoms in total. The molecular weight excluding hydrogens is 280 g/mol. The van der Waals surface area contributed by atoms with Crippen LogP contribution >= 0.6 is 0 Å². The van der Waals surface area contributed by atoms with Gasteiger partial charge in [-0.1, -0.05) is 0 Å². The summed E-state index contributed by atoms with van der Waals surface area (Å²) < 4.78 is 4.78. The first kappa shape index (κ1) is 15.4. The minimum absolute atomic E-state index is 0.183. The molecule has 21 heavy (non-hydrogen) atoms. The summed E-state index contributed by atoms with van der Waals surface area (Å²) in [6.45, 7) is 0.178. The van der Waals surface area contributed by atoms with Gasteiger partial charge in [-0.25, -0.2) is 5.84 Å². The number of nitrogens with two attached hydrogens (primary N) is 1. The van der Waals surface area contributed by atoms with Crippen molar-refractivity contribution in [3.05, 3.63) is 0 Å². The van der Waals surface area contributed by atoms with Crippen molar-refractivity contribution in [3.63, 3.8) is 0 Å². The molecule has 2 saturated heterocycles. The van der Waals surface area contributed by atoms with Gasteiger partial charge in [0.1, 0.15) is 19.8 Å². The number of amides is 4. The second kappa shape index (κ2) is 6.64. The van der Waals surface area contributed by atoms with Crippen LogP contribution in [-0.2, 0) is 23.9 Å². The Labute approximate surface area is 121 Å². The number of hydrazine groups is 1. The molecule has 0 aliphatic carbocycles. The van der Waals surface area contributed by atoms with Gasteiger partial charge in [-0.2, -0.15) is 0 Å². The third-order valence-electron chi connectivity index (χ3n) is 3.71. The Kier molecular flexibility index (Phi) is 4.86. The molecule has 0 spiro atoms. The number of morpholine rings is 1. The van der Waals surface area contributed by atoms with E-state index in [1.54, 1.807) is 4.90 Å². The number of likely N-dealkylation sites (tertiary alicyclic amines) is 1. The molecule has 0 aromatic heterocycles. The highest BCUT2D eigenvalue weighted by Gasteiger charge is 2.32. The van der Waals surface area contributed by atoms with Crippen molar-refractivity contribution in [2.75, 3.05) is 32.8 Å². The van der Waals surface area contributed by atoms with E-state index in [-0.39, 0.29) is 37.5 Å². The van der Waals surface area contributed by atoms with E-state index in [1.165, 1.54) is 0 Å². The van der Waals surface area contributed by atoms with E-state index in [0.29, 0.717) is 25.9 Å². The zero-order chi connectivity index (χ0) is 15.4. The van der Waals surface area contributed by atoms with Crippen LogP contribution in [0.25, 0.3) is 0 Å². The minimum atomic E-state index is -0.503. The maximum absolute atomic E-state index is 12.1. The largest absolute Gasteiger partial charge is 0.362 e. The molecule has 2 heterocycles. The van der Waals surface area contributed by atoms with Crippen molar-refractivity contribution in [1.82, 2.24) is 15.2 Å². The molecular formula is C12H18N4O5. The number of imide groups is 1. The molecule has 0 aromatic carbocycles. The molecule has 0 radical (unpaired) electrons. The van der Waals surface area contributed by atoms with Gasteiger partial charge in [0.05, 0.1) is 0 Å². The van der Waals surface area contributed by atoms with Crippen LogP contribution in [0.15, 0.2) is 0 Å². The summed E-state index contributed by atoms with van der Waals surface area (Å²) in [5.74, 6) is 3.33. The summed E-state index contributed by atoms with van der Waals surface area (Å²) in [4.78, 5) is 49.1. The third-order valence-corrected chi connectivity index (χ3v) is 3.71. The summed E-state index contributed by atoms with van der Waals surface area (Å²) >= 11 is 0. The fraction of sp³-hybridized carbons (Fsp3) is 0.667. The van der Waals surface area contributed by atoms with Gasteiger partial charge >= 0.3 is 0 Å². The maximum Gasteiger partial charge on any atom is 0.255 e. The molecule has 0 saturated carbocycles. The lowest BCUT2D eigenvalue weighted by Gasteiger charge is -2.33. The van der Waals surface area contributed by atoms with Crippen LogP contribution < -0.4 is 11.3 Å². The van der Waals surface area contributed by atoms with Crippen LogP contribution in [-0.4, -0.2) is 66.3 Å². The highest BCUT2D eigenvalue weighted by Crippen LogP contribution is 2.17. The molecule has 2 aliphatic rings. The number of hydrogen-bond donors (Lipinski definition) is 2. The predicted octanol–water partition coefficient (Wildman–Crippen LogP) is -2.40. The number of nitrogens with zero attached hydrogens (tertiary/aromatic N) is 2. The molecule has 0 atom stereocenters. The first-order valence-corrected chi connectivity index (χ1v) is 6.72. The Morgan fingerprint density at radius 2 is 1.76 bits per heavy atom. The fourth-order valence-electron chi connectivity index (χ4n) is 2.44. The lowest BCUT2D eigenvalue weighted by atomic mass is 9.96. The number of hydrogen-bond acceptors (Lipinski definition) is 6. The van der Waals surface area contributed by atoms with Gasteiger partial charge in [-0.15, -0.1) is 0 Å². The molecule has 2 aliphatic heterocycles. The minimum Gasteiger partial charge on any atom is -0.362 e. The molecule has 2 rings (SSSR count).